The van der Waals surface area contributed by atoms with Gasteiger partial charge >= 0.3 is 0 Å². The van der Waals surface area contributed by atoms with Crippen LogP contribution in [0.25, 0.3) is 0 Å². The lowest BCUT2D eigenvalue weighted by Gasteiger charge is -2.08. The second-order valence-electron chi connectivity index (χ2n) is 3.32. The number of hydrogen-bond donors (Lipinski definition) is 0. The van der Waals surface area contributed by atoms with Crippen molar-refractivity contribution in [2.75, 3.05) is 5.75 Å². The number of aromatic nitrogens is 1. The van der Waals surface area contributed by atoms with Gasteiger partial charge in [-0.1, -0.05) is 13.8 Å². The Labute approximate surface area is 93.7 Å². The normalized spacial score (nSPS) is 20.0. The van der Waals surface area contributed by atoms with Crippen LogP contribution in [0, 0.1) is 5.92 Å². The lowest BCUT2D eigenvalue weighted by Crippen LogP contribution is -2.15. The molecule has 78 valence electrons. The van der Waals surface area contributed by atoms with Crippen LogP contribution in [0.3, 0.4) is 0 Å². The molecule has 2 rings (SSSR count). The summed E-state index contributed by atoms with van der Waals surface area (Å²) < 4.78 is 0. The summed E-state index contributed by atoms with van der Waals surface area (Å²) in [5, 5.41) is 9.54. The smallest absolute Gasteiger partial charge is 0.105 e. The van der Waals surface area contributed by atoms with E-state index in [0.29, 0.717) is 5.92 Å². The molecular weight excluding hydrogens is 206 g/mol. The maximum absolute atomic E-state index is 4.23. The van der Waals surface area contributed by atoms with Crippen LogP contribution in [0.4, 0.5) is 0 Å². The van der Waals surface area contributed by atoms with Crippen LogP contribution >= 0.6 is 11.8 Å². The first-order valence-electron chi connectivity index (χ1n) is 5.01. The van der Waals surface area contributed by atoms with Crippen LogP contribution < -0.4 is 0 Å². The molecule has 0 aromatic carbocycles. The molecule has 1 aromatic heterocycles. The van der Waals surface area contributed by atoms with Gasteiger partial charge in [-0.2, -0.15) is 5.10 Å². The lowest BCUT2D eigenvalue weighted by molar-refractivity contribution is 1.10. The fourth-order valence-electron chi connectivity index (χ4n) is 1.52. The van der Waals surface area contributed by atoms with E-state index in [9.17, 15) is 0 Å². The first-order valence-corrected chi connectivity index (χ1v) is 6.00. The highest BCUT2D eigenvalue weighted by atomic mass is 32.2. The van der Waals surface area contributed by atoms with Crippen LogP contribution in [0.5, 0.6) is 0 Å². The van der Waals surface area contributed by atoms with Gasteiger partial charge in [0.25, 0.3) is 0 Å². The Morgan fingerprint density at radius 2 is 2.27 bits per heavy atom. The highest BCUT2D eigenvalue weighted by Crippen LogP contribution is 2.23. The molecule has 0 aliphatic carbocycles. The Bertz CT molecular complexity index is 398. The number of nitrogens with zero attached hydrogens (tertiary/aromatic N) is 3. The Balaban J connectivity index is 2.17. The molecule has 0 saturated carbocycles. The van der Waals surface area contributed by atoms with Crippen molar-refractivity contribution in [1.82, 2.24) is 4.98 Å². The minimum Gasteiger partial charge on any atom is -0.264 e. The zero-order chi connectivity index (χ0) is 10.7. The molecule has 0 fully saturated rings. The average Bonchev–Trinajstić information content (AvgIpc) is 2.63. The highest BCUT2D eigenvalue weighted by molar-refractivity contribution is 8.14. The second-order valence-corrected chi connectivity index (χ2v) is 4.60. The summed E-state index contributed by atoms with van der Waals surface area (Å²) in [5.41, 5.74) is 2.10. The molecule has 0 radical (unpaired) electrons. The van der Waals surface area contributed by atoms with Crippen LogP contribution in [0.2, 0.25) is 0 Å². The van der Waals surface area contributed by atoms with Crippen molar-refractivity contribution in [2.45, 2.75) is 13.8 Å². The van der Waals surface area contributed by atoms with Crippen molar-refractivity contribution < 1.29 is 0 Å². The molecule has 0 N–H and O–H groups in total. The summed E-state index contributed by atoms with van der Waals surface area (Å²) in [6.45, 7) is 4.27. The van der Waals surface area contributed by atoms with E-state index in [1.165, 1.54) is 0 Å². The Hall–Kier alpha value is -1.16. The van der Waals surface area contributed by atoms with Gasteiger partial charge in [-0.05, 0) is 17.9 Å². The molecule has 15 heavy (non-hydrogen) atoms. The summed E-state index contributed by atoms with van der Waals surface area (Å²) in [6, 6.07) is 3.95. The minimum absolute atomic E-state index is 0.305. The van der Waals surface area contributed by atoms with Crippen molar-refractivity contribution in [3.05, 3.63) is 30.1 Å². The van der Waals surface area contributed by atoms with E-state index in [1.54, 1.807) is 18.0 Å². The molecule has 1 aliphatic heterocycles. The molecule has 1 aliphatic rings. The van der Waals surface area contributed by atoms with Crippen molar-refractivity contribution in [1.29, 1.82) is 0 Å². The fraction of sp³-hybridized carbons (Fsp3) is 0.364. The zero-order valence-corrected chi connectivity index (χ0v) is 9.66. The first kappa shape index (κ1) is 10.4. The third-order valence-corrected chi connectivity index (χ3v) is 3.31. The van der Waals surface area contributed by atoms with E-state index < -0.39 is 0 Å². The molecule has 2 heterocycles. The van der Waals surface area contributed by atoms with Gasteiger partial charge in [-0.25, -0.2) is 0 Å². The summed E-state index contributed by atoms with van der Waals surface area (Å²) >= 11 is 1.76. The van der Waals surface area contributed by atoms with E-state index in [2.05, 4.69) is 29.0 Å². The quantitative estimate of drug-likeness (QED) is 0.766. The third-order valence-electron chi connectivity index (χ3n) is 2.29. The van der Waals surface area contributed by atoms with Gasteiger partial charge in [-0.15, -0.1) is 16.9 Å². The Morgan fingerprint density at radius 3 is 2.93 bits per heavy atom. The van der Waals surface area contributed by atoms with Gasteiger partial charge in [0.1, 0.15) is 5.04 Å². The molecule has 0 amide bonds. The number of thioether (sulfide) groups is 1. The summed E-state index contributed by atoms with van der Waals surface area (Å²) in [5.74, 6) is 1.35. The SMILES string of the molecule is CCSC1=NN=C(c2cccnc2)C1C. The minimum atomic E-state index is 0.305. The lowest BCUT2D eigenvalue weighted by atomic mass is 10.0. The van der Waals surface area contributed by atoms with Gasteiger partial charge in [0, 0.05) is 18.0 Å². The summed E-state index contributed by atoms with van der Waals surface area (Å²) in [4.78, 5) is 4.10. The van der Waals surface area contributed by atoms with Crippen molar-refractivity contribution in [3.63, 3.8) is 0 Å². The van der Waals surface area contributed by atoms with E-state index in [4.69, 9.17) is 0 Å². The molecule has 0 bridgehead atoms. The van der Waals surface area contributed by atoms with Gasteiger partial charge in [-0.3, -0.25) is 4.98 Å². The molecule has 4 heteroatoms. The molecule has 0 saturated heterocycles. The third kappa shape index (κ3) is 2.09. The molecular formula is C11H13N3S. The van der Waals surface area contributed by atoms with E-state index in [-0.39, 0.29) is 0 Å². The summed E-state index contributed by atoms with van der Waals surface area (Å²) in [7, 11) is 0. The van der Waals surface area contributed by atoms with E-state index in [1.807, 2.05) is 18.3 Å². The van der Waals surface area contributed by atoms with Gasteiger partial charge in [0.2, 0.25) is 0 Å². The molecule has 1 aromatic rings. The van der Waals surface area contributed by atoms with Crippen LogP contribution in [0.1, 0.15) is 19.4 Å². The molecule has 1 unspecified atom stereocenters. The number of hydrogen-bond acceptors (Lipinski definition) is 4. The molecule has 1 atom stereocenters. The van der Waals surface area contributed by atoms with Gasteiger partial charge in [0.05, 0.1) is 11.6 Å². The van der Waals surface area contributed by atoms with Gasteiger partial charge in [0.15, 0.2) is 0 Å². The Morgan fingerprint density at radius 1 is 1.40 bits per heavy atom. The fourth-order valence-corrected chi connectivity index (χ4v) is 2.27. The summed E-state index contributed by atoms with van der Waals surface area (Å²) in [6.07, 6.45) is 3.61. The van der Waals surface area contributed by atoms with Gasteiger partial charge < -0.3 is 0 Å². The Kier molecular flexibility index (Phi) is 3.16. The van der Waals surface area contributed by atoms with E-state index in [0.717, 1.165) is 22.1 Å². The second kappa shape index (κ2) is 4.57. The molecule has 3 nitrogen and oxygen atoms in total. The van der Waals surface area contributed by atoms with E-state index >= 15 is 0 Å². The van der Waals surface area contributed by atoms with Crippen LogP contribution in [-0.4, -0.2) is 21.5 Å². The number of rotatable bonds is 2. The largest absolute Gasteiger partial charge is 0.264 e. The predicted molar refractivity (Wildman–Crippen MR) is 65.5 cm³/mol. The number of pyridine rings is 1. The standard InChI is InChI=1S/C11H13N3S/c1-3-15-11-8(2)10(13-14-11)9-5-4-6-12-7-9/h4-8H,3H2,1-2H3. The van der Waals surface area contributed by atoms with Crippen molar-refractivity contribution >= 4 is 22.5 Å². The highest BCUT2D eigenvalue weighted by Gasteiger charge is 2.23. The predicted octanol–water partition coefficient (Wildman–Crippen LogP) is 2.59. The topological polar surface area (TPSA) is 37.6 Å². The van der Waals surface area contributed by atoms with Crippen LogP contribution in [-0.2, 0) is 0 Å². The maximum Gasteiger partial charge on any atom is 0.105 e. The first-order chi connectivity index (χ1) is 7.33. The monoisotopic (exact) mass is 219 g/mol. The van der Waals surface area contributed by atoms with Crippen LogP contribution in [0.15, 0.2) is 34.7 Å². The maximum atomic E-state index is 4.23. The van der Waals surface area contributed by atoms with Crippen molar-refractivity contribution in [3.8, 4) is 0 Å². The van der Waals surface area contributed by atoms with Crippen molar-refractivity contribution in [2.24, 2.45) is 16.1 Å². The molecule has 0 spiro atoms. The zero-order valence-electron chi connectivity index (χ0n) is 8.84. The average molecular weight is 219 g/mol.